The molecule has 4 nitrogen and oxygen atoms in total. The summed E-state index contributed by atoms with van der Waals surface area (Å²) in [5.74, 6) is 1.23. The molecule has 90 valence electrons. The summed E-state index contributed by atoms with van der Waals surface area (Å²) >= 11 is 1.75. The SMILES string of the molecule is O=C1CN(C(=O)C2CCCCS2)CCCN1. The molecule has 2 saturated heterocycles. The molecule has 2 aliphatic rings. The van der Waals surface area contributed by atoms with Crippen LogP contribution in [0.15, 0.2) is 0 Å². The van der Waals surface area contributed by atoms with E-state index < -0.39 is 0 Å². The molecule has 2 amide bonds. The lowest BCUT2D eigenvalue weighted by Gasteiger charge is -2.27. The normalized spacial score (nSPS) is 27.1. The molecule has 2 rings (SSSR count). The molecule has 0 aromatic carbocycles. The summed E-state index contributed by atoms with van der Waals surface area (Å²) in [7, 11) is 0. The van der Waals surface area contributed by atoms with Crippen LogP contribution in [-0.2, 0) is 9.59 Å². The Hall–Kier alpha value is -0.710. The van der Waals surface area contributed by atoms with Gasteiger partial charge in [-0.15, -0.1) is 11.8 Å². The Balaban J connectivity index is 1.93. The summed E-state index contributed by atoms with van der Waals surface area (Å²) in [5.41, 5.74) is 0. The van der Waals surface area contributed by atoms with Crippen LogP contribution in [0.4, 0.5) is 0 Å². The monoisotopic (exact) mass is 242 g/mol. The van der Waals surface area contributed by atoms with E-state index in [1.54, 1.807) is 16.7 Å². The molecule has 2 aliphatic heterocycles. The molecule has 16 heavy (non-hydrogen) atoms. The Bertz CT molecular complexity index is 277. The molecule has 0 aromatic heterocycles. The van der Waals surface area contributed by atoms with Gasteiger partial charge >= 0.3 is 0 Å². The van der Waals surface area contributed by atoms with E-state index >= 15 is 0 Å². The molecule has 0 aliphatic carbocycles. The van der Waals surface area contributed by atoms with Gasteiger partial charge in [0.2, 0.25) is 11.8 Å². The molecule has 1 unspecified atom stereocenters. The number of carbonyl (C=O) groups is 2. The lowest BCUT2D eigenvalue weighted by atomic mass is 10.1. The third kappa shape index (κ3) is 2.90. The van der Waals surface area contributed by atoms with E-state index in [1.807, 2.05) is 0 Å². The highest BCUT2D eigenvalue weighted by atomic mass is 32.2. The van der Waals surface area contributed by atoms with Crippen LogP contribution in [0, 0.1) is 0 Å². The van der Waals surface area contributed by atoms with E-state index in [2.05, 4.69) is 5.32 Å². The fourth-order valence-electron chi connectivity index (χ4n) is 2.13. The molecular weight excluding hydrogens is 224 g/mol. The number of rotatable bonds is 1. The first-order chi connectivity index (χ1) is 7.77. The minimum Gasteiger partial charge on any atom is -0.354 e. The fraction of sp³-hybridized carbons (Fsp3) is 0.818. The van der Waals surface area contributed by atoms with Gasteiger partial charge in [0.1, 0.15) is 0 Å². The lowest BCUT2D eigenvalue weighted by Crippen LogP contribution is -2.42. The smallest absolute Gasteiger partial charge is 0.239 e. The zero-order valence-electron chi connectivity index (χ0n) is 9.41. The highest BCUT2D eigenvalue weighted by Crippen LogP contribution is 2.26. The Morgan fingerprint density at radius 1 is 1.38 bits per heavy atom. The van der Waals surface area contributed by atoms with E-state index in [9.17, 15) is 9.59 Å². The third-order valence-corrected chi connectivity index (χ3v) is 4.39. The van der Waals surface area contributed by atoms with Gasteiger partial charge in [0.15, 0.2) is 0 Å². The third-order valence-electron chi connectivity index (χ3n) is 3.03. The van der Waals surface area contributed by atoms with Crippen LogP contribution in [0.5, 0.6) is 0 Å². The molecule has 0 aromatic rings. The maximum atomic E-state index is 12.2. The standard InChI is InChI=1S/C11H18N2O2S/c14-10-8-13(6-3-5-12-10)11(15)9-4-1-2-7-16-9/h9H,1-8H2,(H,12,14). The molecule has 0 spiro atoms. The average Bonchev–Trinajstić information content (AvgIpc) is 2.54. The molecule has 0 saturated carbocycles. The summed E-state index contributed by atoms with van der Waals surface area (Å²) in [4.78, 5) is 25.3. The van der Waals surface area contributed by atoms with Crippen molar-refractivity contribution in [2.24, 2.45) is 0 Å². The topological polar surface area (TPSA) is 49.4 Å². The Labute approximate surface area is 100 Å². The summed E-state index contributed by atoms with van der Waals surface area (Å²) < 4.78 is 0. The van der Waals surface area contributed by atoms with Crippen LogP contribution < -0.4 is 5.32 Å². The minimum absolute atomic E-state index is 0.0216. The van der Waals surface area contributed by atoms with Crippen molar-refractivity contribution in [1.29, 1.82) is 0 Å². The predicted molar refractivity (Wildman–Crippen MR) is 64.3 cm³/mol. The number of hydrogen-bond acceptors (Lipinski definition) is 3. The Morgan fingerprint density at radius 3 is 3.00 bits per heavy atom. The zero-order valence-corrected chi connectivity index (χ0v) is 10.2. The van der Waals surface area contributed by atoms with Gasteiger partial charge in [0.05, 0.1) is 11.8 Å². The summed E-state index contributed by atoms with van der Waals surface area (Å²) in [6.07, 6.45) is 4.20. The van der Waals surface area contributed by atoms with Crippen LogP contribution in [0.25, 0.3) is 0 Å². The highest BCUT2D eigenvalue weighted by Gasteiger charge is 2.28. The van der Waals surface area contributed by atoms with Gasteiger partial charge in [0.25, 0.3) is 0 Å². The Morgan fingerprint density at radius 2 is 2.25 bits per heavy atom. The van der Waals surface area contributed by atoms with Gasteiger partial charge in [0, 0.05) is 13.1 Å². The summed E-state index contributed by atoms with van der Waals surface area (Å²) in [6, 6.07) is 0. The summed E-state index contributed by atoms with van der Waals surface area (Å²) in [5, 5.41) is 2.89. The van der Waals surface area contributed by atoms with Crippen LogP contribution in [0.1, 0.15) is 25.7 Å². The molecule has 2 heterocycles. The van der Waals surface area contributed by atoms with Gasteiger partial charge in [-0.3, -0.25) is 9.59 Å². The lowest BCUT2D eigenvalue weighted by molar-refractivity contribution is -0.134. The number of nitrogens with zero attached hydrogens (tertiary/aromatic N) is 1. The minimum atomic E-state index is -0.0216. The number of nitrogens with one attached hydrogen (secondary N) is 1. The Kier molecular flexibility index (Phi) is 4.09. The van der Waals surface area contributed by atoms with E-state index in [1.165, 1.54) is 6.42 Å². The van der Waals surface area contributed by atoms with Gasteiger partial charge in [-0.05, 0) is 25.0 Å². The number of carbonyl (C=O) groups excluding carboxylic acids is 2. The van der Waals surface area contributed by atoms with Gasteiger partial charge in [-0.2, -0.15) is 0 Å². The predicted octanol–water partition coefficient (Wildman–Crippen LogP) is 0.621. The van der Waals surface area contributed by atoms with Crippen molar-refractivity contribution < 1.29 is 9.59 Å². The van der Waals surface area contributed by atoms with Crippen LogP contribution in [0.3, 0.4) is 0 Å². The second-order valence-electron chi connectivity index (χ2n) is 4.32. The molecular formula is C11H18N2O2S. The largest absolute Gasteiger partial charge is 0.354 e. The summed E-state index contributed by atoms with van der Waals surface area (Å²) in [6.45, 7) is 1.66. The number of amides is 2. The van der Waals surface area contributed by atoms with Crippen LogP contribution in [-0.4, -0.2) is 47.4 Å². The number of thioether (sulfide) groups is 1. The molecule has 1 atom stereocenters. The van der Waals surface area contributed by atoms with Crippen molar-refractivity contribution >= 4 is 23.6 Å². The van der Waals surface area contributed by atoms with Crippen molar-refractivity contribution in [3.63, 3.8) is 0 Å². The van der Waals surface area contributed by atoms with Gasteiger partial charge in [-0.25, -0.2) is 0 Å². The number of hydrogen-bond donors (Lipinski definition) is 1. The van der Waals surface area contributed by atoms with Crippen molar-refractivity contribution in [2.45, 2.75) is 30.9 Å². The maximum absolute atomic E-state index is 12.2. The maximum Gasteiger partial charge on any atom is 0.239 e. The fourth-order valence-corrected chi connectivity index (χ4v) is 3.41. The van der Waals surface area contributed by atoms with Crippen molar-refractivity contribution in [3.05, 3.63) is 0 Å². The molecule has 5 heteroatoms. The van der Waals surface area contributed by atoms with E-state index in [0.29, 0.717) is 13.1 Å². The van der Waals surface area contributed by atoms with Crippen LogP contribution >= 0.6 is 11.8 Å². The molecule has 1 N–H and O–H groups in total. The molecule has 0 radical (unpaired) electrons. The van der Waals surface area contributed by atoms with Crippen molar-refractivity contribution in [2.75, 3.05) is 25.4 Å². The average molecular weight is 242 g/mol. The van der Waals surface area contributed by atoms with Gasteiger partial charge in [-0.1, -0.05) is 6.42 Å². The van der Waals surface area contributed by atoms with E-state index in [-0.39, 0.29) is 23.6 Å². The quantitative estimate of drug-likeness (QED) is 0.733. The van der Waals surface area contributed by atoms with Crippen molar-refractivity contribution in [3.8, 4) is 0 Å². The first-order valence-corrected chi connectivity index (χ1v) is 6.99. The van der Waals surface area contributed by atoms with Crippen LogP contribution in [0.2, 0.25) is 0 Å². The first-order valence-electron chi connectivity index (χ1n) is 5.94. The zero-order chi connectivity index (χ0) is 11.4. The van der Waals surface area contributed by atoms with E-state index in [4.69, 9.17) is 0 Å². The van der Waals surface area contributed by atoms with E-state index in [0.717, 1.165) is 25.0 Å². The first kappa shape index (κ1) is 11.8. The molecule has 2 fully saturated rings. The van der Waals surface area contributed by atoms with Crippen molar-refractivity contribution in [1.82, 2.24) is 10.2 Å². The second-order valence-corrected chi connectivity index (χ2v) is 5.63. The van der Waals surface area contributed by atoms with Gasteiger partial charge < -0.3 is 10.2 Å². The second kappa shape index (κ2) is 5.57. The molecule has 0 bridgehead atoms. The highest BCUT2D eigenvalue weighted by molar-refractivity contribution is 8.00.